The number of nitrogens with two attached hydrogens (primary N) is 4. The van der Waals surface area contributed by atoms with Gasteiger partial charge in [-0.2, -0.15) is 0 Å². The summed E-state index contributed by atoms with van der Waals surface area (Å²) in [6, 6.07) is -1.52. The molecule has 0 aliphatic heterocycles. The molecular weight excluding hydrogens is 318 g/mol. The molecule has 11 N–H and O–H groups in total. The summed E-state index contributed by atoms with van der Waals surface area (Å²) >= 11 is 0. The maximum atomic E-state index is 10.3. The normalized spacial score (nSPS) is 12.5. The molecular formula is C14H31N5O5. The van der Waals surface area contributed by atoms with E-state index < -0.39 is 24.0 Å². The van der Waals surface area contributed by atoms with E-state index in [0.29, 0.717) is 25.8 Å². The Hall–Kier alpha value is -1.91. The van der Waals surface area contributed by atoms with E-state index in [1.54, 1.807) is 0 Å². The first-order valence-corrected chi connectivity index (χ1v) is 7.85. The Morgan fingerprint density at radius 3 is 1.67 bits per heavy atom. The minimum atomic E-state index is -0.971. The maximum absolute atomic E-state index is 10.3. The van der Waals surface area contributed by atoms with Crippen molar-refractivity contribution in [3.8, 4) is 0 Å². The highest BCUT2D eigenvalue weighted by Crippen LogP contribution is 2.01. The number of aliphatic imine (C=N–C) groups is 1. The van der Waals surface area contributed by atoms with E-state index in [9.17, 15) is 9.59 Å². The zero-order valence-electron chi connectivity index (χ0n) is 13.9. The predicted octanol–water partition coefficient (Wildman–Crippen LogP) is -1.21. The largest absolute Gasteiger partial charge is 0.480 e. The molecule has 0 aliphatic carbocycles. The first kappa shape index (κ1) is 24.3. The van der Waals surface area contributed by atoms with Crippen molar-refractivity contribution in [1.29, 1.82) is 0 Å². The molecule has 0 heterocycles. The van der Waals surface area contributed by atoms with E-state index >= 15 is 0 Å². The molecule has 0 saturated heterocycles. The van der Waals surface area contributed by atoms with Gasteiger partial charge in [0.25, 0.3) is 0 Å². The molecule has 1 unspecified atom stereocenters. The molecule has 24 heavy (non-hydrogen) atoms. The molecule has 0 aromatic rings. The zero-order chi connectivity index (χ0) is 19.0. The number of hydrogen-bond acceptors (Lipinski definition) is 6. The molecule has 0 fully saturated rings. The van der Waals surface area contributed by atoms with Crippen molar-refractivity contribution in [1.82, 2.24) is 0 Å². The van der Waals surface area contributed by atoms with Crippen molar-refractivity contribution in [2.75, 3.05) is 13.2 Å². The molecule has 10 nitrogen and oxygen atoms in total. The topological polar surface area (TPSA) is 211 Å². The summed E-state index contributed by atoms with van der Waals surface area (Å²) in [5.41, 5.74) is 20.7. The summed E-state index contributed by atoms with van der Waals surface area (Å²) in [4.78, 5) is 24.2. The number of rotatable bonds is 12. The highest BCUT2D eigenvalue weighted by molar-refractivity contribution is 5.75. The molecule has 10 heteroatoms. The molecule has 0 saturated carbocycles. The van der Waals surface area contributed by atoms with Gasteiger partial charge in [0.05, 0.1) is 0 Å². The number of aliphatic hydroxyl groups is 1. The first-order chi connectivity index (χ1) is 11.2. The molecule has 0 amide bonds. The van der Waals surface area contributed by atoms with Crippen molar-refractivity contribution >= 4 is 17.9 Å². The average molecular weight is 349 g/mol. The quantitative estimate of drug-likeness (QED) is 0.128. The summed E-state index contributed by atoms with van der Waals surface area (Å²) in [6.45, 7) is 0.691. The van der Waals surface area contributed by atoms with Crippen LogP contribution < -0.4 is 22.9 Å². The van der Waals surface area contributed by atoms with Crippen LogP contribution in [0.1, 0.15) is 44.9 Å². The van der Waals surface area contributed by atoms with Gasteiger partial charge < -0.3 is 38.3 Å². The van der Waals surface area contributed by atoms with E-state index in [4.69, 9.17) is 38.3 Å². The Balaban J connectivity index is 0. The predicted molar refractivity (Wildman–Crippen MR) is 91.3 cm³/mol. The summed E-state index contributed by atoms with van der Waals surface area (Å²) in [5, 5.41) is 25.2. The lowest BCUT2D eigenvalue weighted by molar-refractivity contribution is -0.139. The fourth-order valence-corrected chi connectivity index (χ4v) is 1.58. The average Bonchev–Trinajstić information content (AvgIpc) is 2.50. The van der Waals surface area contributed by atoms with Crippen LogP contribution in [-0.2, 0) is 9.59 Å². The van der Waals surface area contributed by atoms with Crippen LogP contribution in [-0.4, -0.2) is 58.5 Å². The smallest absolute Gasteiger partial charge is 0.320 e. The number of aliphatic hydroxyl groups excluding tert-OH is 1. The van der Waals surface area contributed by atoms with Crippen LogP contribution in [0.3, 0.4) is 0 Å². The first-order valence-electron chi connectivity index (χ1n) is 7.85. The van der Waals surface area contributed by atoms with Crippen molar-refractivity contribution in [3.63, 3.8) is 0 Å². The van der Waals surface area contributed by atoms with Crippen LogP contribution in [0.15, 0.2) is 4.99 Å². The minimum absolute atomic E-state index is 0.0579. The van der Waals surface area contributed by atoms with E-state index in [2.05, 4.69) is 4.99 Å². The number of unbranched alkanes of at least 4 members (excludes halogenated alkanes) is 3. The summed E-state index contributed by atoms with van der Waals surface area (Å²) in [5.74, 6) is -1.86. The van der Waals surface area contributed by atoms with Crippen LogP contribution in [0.4, 0.5) is 0 Å². The standard InChI is InChI=1S/C7H16N4O2.C7H15NO3/c8-5(6(12)13)3-1-2-4-11-7(9)10;8-6(7(10)11)4-2-1-3-5-9/h5H,1-4,8H2,(H,12,13)(H4,9,10,11);6,9H,1-5,8H2,(H,10,11)/t5-;/m1./s1. The second-order valence-electron chi connectivity index (χ2n) is 5.26. The Labute approximate surface area is 141 Å². The number of guanidine groups is 1. The number of carboxylic acids is 2. The molecule has 0 aliphatic rings. The molecule has 142 valence electrons. The van der Waals surface area contributed by atoms with E-state index in [-0.39, 0.29) is 12.6 Å². The molecule has 0 rings (SSSR count). The number of aliphatic carboxylic acids is 2. The summed E-state index contributed by atoms with van der Waals surface area (Å²) in [6.07, 6.45) is 4.76. The lowest BCUT2D eigenvalue weighted by atomic mass is 10.1. The van der Waals surface area contributed by atoms with Crippen LogP contribution in [0, 0.1) is 0 Å². The Kier molecular flexibility index (Phi) is 16.2. The Bertz CT molecular complexity index is 375. The van der Waals surface area contributed by atoms with E-state index in [1.807, 2.05) is 0 Å². The van der Waals surface area contributed by atoms with Crippen LogP contribution in [0.2, 0.25) is 0 Å². The van der Waals surface area contributed by atoms with Crippen molar-refractivity contribution in [2.24, 2.45) is 27.9 Å². The van der Waals surface area contributed by atoms with Gasteiger partial charge in [-0.25, -0.2) is 0 Å². The number of hydrogen-bond donors (Lipinski definition) is 7. The van der Waals surface area contributed by atoms with Crippen LogP contribution in [0.5, 0.6) is 0 Å². The van der Waals surface area contributed by atoms with Crippen LogP contribution in [0.25, 0.3) is 0 Å². The third-order valence-electron chi connectivity index (χ3n) is 3.03. The zero-order valence-corrected chi connectivity index (χ0v) is 13.9. The lowest BCUT2D eigenvalue weighted by Crippen LogP contribution is -2.29. The van der Waals surface area contributed by atoms with Crippen molar-refractivity contribution in [2.45, 2.75) is 57.0 Å². The van der Waals surface area contributed by atoms with E-state index in [0.717, 1.165) is 25.7 Å². The van der Waals surface area contributed by atoms with Gasteiger partial charge in [0.2, 0.25) is 0 Å². The fourth-order valence-electron chi connectivity index (χ4n) is 1.58. The van der Waals surface area contributed by atoms with Gasteiger partial charge >= 0.3 is 11.9 Å². The number of carbonyl (C=O) groups is 2. The maximum Gasteiger partial charge on any atom is 0.320 e. The monoisotopic (exact) mass is 349 g/mol. The highest BCUT2D eigenvalue weighted by atomic mass is 16.4. The molecule has 0 aromatic heterocycles. The molecule has 2 atom stereocenters. The fraction of sp³-hybridized carbons (Fsp3) is 0.786. The minimum Gasteiger partial charge on any atom is -0.480 e. The van der Waals surface area contributed by atoms with Crippen molar-refractivity contribution in [3.05, 3.63) is 0 Å². The molecule has 0 spiro atoms. The Morgan fingerprint density at radius 2 is 1.29 bits per heavy atom. The van der Waals surface area contributed by atoms with E-state index in [1.165, 1.54) is 0 Å². The van der Waals surface area contributed by atoms with Gasteiger partial charge in [0, 0.05) is 13.2 Å². The van der Waals surface area contributed by atoms with Gasteiger partial charge in [-0.3, -0.25) is 14.6 Å². The Morgan fingerprint density at radius 1 is 0.833 bits per heavy atom. The van der Waals surface area contributed by atoms with Gasteiger partial charge in [-0.05, 0) is 32.1 Å². The van der Waals surface area contributed by atoms with Gasteiger partial charge in [-0.1, -0.05) is 12.8 Å². The molecule has 0 aromatic carbocycles. The number of nitrogens with zero attached hydrogens (tertiary/aromatic N) is 1. The third kappa shape index (κ3) is 18.1. The highest BCUT2D eigenvalue weighted by Gasteiger charge is 2.10. The number of carboxylic acid groups (broad SMARTS) is 2. The summed E-state index contributed by atoms with van der Waals surface area (Å²) < 4.78 is 0. The van der Waals surface area contributed by atoms with Gasteiger partial charge in [-0.15, -0.1) is 0 Å². The van der Waals surface area contributed by atoms with Gasteiger partial charge in [0.15, 0.2) is 5.96 Å². The van der Waals surface area contributed by atoms with Crippen molar-refractivity contribution < 1.29 is 24.9 Å². The third-order valence-corrected chi connectivity index (χ3v) is 3.03. The second kappa shape index (κ2) is 16.0. The van der Waals surface area contributed by atoms with Gasteiger partial charge in [0.1, 0.15) is 12.1 Å². The van der Waals surface area contributed by atoms with Crippen LogP contribution >= 0.6 is 0 Å². The lowest BCUT2D eigenvalue weighted by Gasteiger charge is -2.04. The second-order valence-corrected chi connectivity index (χ2v) is 5.26. The molecule has 0 radical (unpaired) electrons. The molecule has 0 bridgehead atoms. The summed E-state index contributed by atoms with van der Waals surface area (Å²) in [7, 11) is 0. The SMILES string of the molecule is NC(CCCCCO)C(=O)O.NC(N)=NCCCC[C@@H](N)C(=O)O.